The molecule has 0 atom stereocenters. The monoisotopic (exact) mass is 361 g/mol. The van der Waals surface area contributed by atoms with E-state index >= 15 is 0 Å². The average Bonchev–Trinajstić information content (AvgIpc) is 2.84. The van der Waals surface area contributed by atoms with Crippen molar-refractivity contribution in [3.8, 4) is 11.1 Å². The molecular formula is C18H14ClF2N3O. The Bertz CT molecular complexity index is 982. The molecule has 0 radical (unpaired) electrons. The van der Waals surface area contributed by atoms with Gasteiger partial charge in [0.2, 0.25) is 5.91 Å². The number of carbonyl (C=O) groups is 1. The number of likely N-dealkylation sites (tertiary alicyclic amines) is 1. The molecule has 0 bridgehead atoms. The van der Waals surface area contributed by atoms with Gasteiger partial charge in [-0.1, -0.05) is 17.7 Å². The first-order valence-electron chi connectivity index (χ1n) is 7.90. The second-order valence-electron chi connectivity index (χ2n) is 6.06. The second-order valence-corrected chi connectivity index (χ2v) is 6.47. The molecule has 1 fully saturated rings. The molecule has 3 heterocycles. The number of rotatable bonds is 3. The highest BCUT2D eigenvalue weighted by molar-refractivity contribution is 6.31. The van der Waals surface area contributed by atoms with Crippen molar-refractivity contribution in [1.82, 2.24) is 14.5 Å². The van der Waals surface area contributed by atoms with E-state index in [0.29, 0.717) is 16.6 Å². The smallest absolute Gasteiger partial charge is 0.242 e. The Morgan fingerprint density at radius 2 is 1.96 bits per heavy atom. The molecular weight excluding hydrogens is 348 g/mol. The zero-order valence-electron chi connectivity index (χ0n) is 13.2. The quantitative estimate of drug-likeness (QED) is 0.710. The van der Waals surface area contributed by atoms with E-state index < -0.39 is 11.6 Å². The number of halogens is 3. The standard InChI is InChI=1S/C18H14ClF2N3O/c19-13-6-11(2-3-14(13)20)12-7-16-18(22-8-12)15(21)9-24(16)10-17(25)23-4-1-5-23/h2-3,6-9H,1,4-5,10H2. The Balaban J connectivity index is 1.74. The van der Waals surface area contributed by atoms with Crippen LogP contribution in [0.3, 0.4) is 0 Å². The predicted molar refractivity (Wildman–Crippen MR) is 91.3 cm³/mol. The molecule has 25 heavy (non-hydrogen) atoms. The lowest BCUT2D eigenvalue weighted by Gasteiger charge is -2.31. The number of hydrogen-bond donors (Lipinski definition) is 0. The van der Waals surface area contributed by atoms with Crippen molar-refractivity contribution >= 4 is 28.5 Å². The summed E-state index contributed by atoms with van der Waals surface area (Å²) in [5.41, 5.74) is 2.06. The van der Waals surface area contributed by atoms with Gasteiger partial charge in [-0.25, -0.2) is 8.78 Å². The highest BCUT2D eigenvalue weighted by atomic mass is 35.5. The summed E-state index contributed by atoms with van der Waals surface area (Å²) in [6.07, 6.45) is 3.80. The van der Waals surface area contributed by atoms with E-state index in [1.165, 1.54) is 24.5 Å². The van der Waals surface area contributed by atoms with Crippen LogP contribution in [-0.2, 0) is 11.3 Å². The molecule has 128 valence electrons. The molecule has 1 amide bonds. The van der Waals surface area contributed by atoms with Gasteiger partial charge >= 0.3 is 0 Å². The van der Waals surface area contributed by atoms with Gasteiger partial charge in [0, 0.05) is 31.0 Å². The Morgan fingerprint density at radius 3 is 2.64 bits per heavy atom. The van der Waals surface area contributed by atoms with Gasteiger partial charge in [0.05, 0.1) is 10.5 Å². The first kappa shape index (κ1) is 16.0. The second kappa shape index (κ2) is 6.11. The van der Waals surface area contributed by atoms with Crippen molar-refractivity contribution in [2.75, 3.05) is 13.1 Å². The van der Waals surface area contributed by atoms with Crippen molar-refractivity contribution in [3.63, 3.8) is 0 Å². The maximum absolute atomic E-state index is 14.1. The molecule has 0 saturated carbocycles. The lowest BCUT2D eigenvalue weighted by molar-refractivity contribution is -0.135. The number of carbonyl (C=O) groups excluding carboxylic acids is 1. The summed E-state index contributed by atoms with van der Waals surface area (Å²) >= 11 is 5.83. The molecule has 4 rings (SSSR count). The van der Waals surface area contributed by atoms with Gasteiger partial charge in [0.25, 0.3) is 0 Å². The molecule has 1 aliphatic rings. The van der Waals surface area contributed by atoms with Gasteiger partial charge in [-0.3, -0.25) is 9.78 Å². The van der Waals surface area contributed by atoms with E-state index in [-0.39, 0.29) is 23.0 Å². The van der Waals surface area contributed by atoms with Gasteiger partial charge < -0.3 is 9.47 Å². The minimum Gasteiger partial charge on any atom is -0.341 e. The Kier molecular flexibility index (Phi) is 3.92. The summed E-state index contributed by atoms with van der Waals surface area (Å²) in [5.74, 6) is -1.03. The average molecular weight is 362 g/mol. The fourth-order valence-corrected chi connectivity index (χ4v) is 3.08. The molecule has 2 aromatic heterocycles. The van der Waals surface area contributed by atoms with Gasteiger partial charge in [-0.2, -0.15) is 0 Å². The summed E-state index contributed by atoms with van der Waals surface area (Å²) in [6, 6.07) is 6.08. The van der Waals surface area contributed by atoms with E-state index in [0.717, 1.165) is 19.5 Å². The lowest BCUT2D eigenvalue weighted by atomic mass is 10.1. The van der Waals surface area contributed by atoms with Crippen LogP contribution in [-0.4, -0.2) is 33.4 Å². The van der Waals surface area contributed by atoms with Crippen LogP contribution >= 0.6 is 11.6 Å². The Labute approximate surface area is 147 Å². The van der Waals surface area contributed by atoms with Crippen LogP contribution in [0.25, 0.3) is 22.2 Å². The summed E-state index contributed by atoms with van der Waals surface area (Å²) < 4.78 is 29.0. The van der Waals surface area contributed by atoms with Crippen molar-refractivity contribution in [3.05, 3.63) is 53.3 Å². The molecule has 0 N–H and O–H groups in total. The number of nitrogens with zero attached hydrogens (tertiary/aromatic N) is 3. The molecule has 1 aromatic carbocycles. The van der Waals surface area contributed by atoms with Crippen LogP contribution in [0.5, 0.6) is 0 Å². The van der Waals surface area contributed by atoms with Crippen molar-refractivity contribution in [2.24, 2.45) is 0 Å². The van der Waals surface area contributed by atoms with Crippen LogP contribution in [0.15, 0.2) is 36.7 Å². The first-order valence-corrected chi connectivity index (χ1v) is 8.28. The molecule has 1 aliphatic heterocycles. The number of fused-ring (bicyclic) bond motifs is 1. The number of pyridine rings is 1. The molecule has 0 spiro atoms. The van der Waals surface area contributed by atoms with Gasteiger partial charge in [-0.05, 0) is 30.2 Å². The predicted octanol–water partition coefficient (Wildman–Crippen LogP) is 3.87. The maximum Gasteiger partial charge on any atom is 0.242 e. The third-order valence-corrected chi connectivity index (χ3v) is 4.73. The molecule has 7 heteroatoms. The number of hydrogen-bond acceptors (Lipinski definition) is 2. The highest BCUT2D eigenvalue weighted by Gasteiger charge is 2.21. The summed E-state index contributed by atoms with van der Waals surface area (Å²) in [4.78, 5) is 18.1. The summed E-state index contributed by atoms with van der Waals surface area (Å²) in [7, 11) is 0. The van der Waals surface area contributed by atoms with Gasteiger partial charge in [0.1, 0.15) is 17.9 Å². The van der Waals surface area contributed by atoms with E-state index in [1.54, 1.807) is 21.6 Å². The van der Waals surface area contributed by atoms with E-state index in [9.17, 15) is 13.6 Å². The lowest BCUT2D eigenvalue weighted by Crippen LogP contribution is -2.43. The largest absolute Gasteiger partial charge is 0.341 e. The maximum atomic E-state index is 14.1. The van der Waals surface area contributed by atoms with Crippen LogP contribution in [0.2, 0.25) is 5.02 Å². The number of benzene rings is 1. The minimum atomic E-state index is -0.506. The van der Waals surface area contributed by atoms with Crippen molar-refractivity contribution < 1.29 is 13.6 Å². The Morgan fingerprint density at radius 1 is 1.16 bits per heavy atom. The zero-order chi connectivity index (χ0) is 17.6. The number of amides is 1. The van der Waals surface area contributed by atoms with E-state index in [2.05, 4.69) is 4.98 Å². The molecule has 1 saturated heterocycles. The zero-order valence-corrected chi connectivity index (χ0v) is 13.9. The van der Waals surface area contributed by atoms with Crippen molar-refractivity contribution in [1.29, 1.82) is 0 Å². The summed E-state index contributed by atoms with van der Waals surface area (Å²) in [6.45, 7) is 1.56. The van der Waals surface area contributed by atoms with Crippen LogP contribution in [0, 0.1) is 11.6 Å². The normalized spacial score (nSPS) is 14.0. The summed E-state index contributed by atoms with van der Waals surface area (Å²) in [5, 5.41) is 0.00659. The number of aromatic nitrogens is 2. The molecule has 3 aromatic rings. The third-order valence-electron chi connectivity index (χ3n) is 4.44. The van der Waals surface area contributed by atoms with Crippen molar-refractivity contribution in [2.45, 2.75) is 13.0 Å². The van der Waals surface area contributed by atoms with E-state index in [1.807, 2.05) is 0 Å². The van der Waals surface area contributed by atoms with Crippen LogP contribution < -0.4 is 0 Å². The Hall–Kier alpha value is -2.47. The third kappa shape index (κ3) is 2.87. The van der Waals surface area contributed by atoms with Gasteiger partial charge in [-0.15, -0.1) is 0 Å². The SMILES string of the molecule is O=C(Cn1cc(F)c2ncc(-c3ccc(F)c(Cl)c3)cc21)N1CCC1. The molecule has 0 aliphatic carbocycles. The minimum absolute atomic E-state index is 0.00659. The van der Waals surface area contributed by atoms with Gasteiger partial charge in [0.15, 0.2) is 5.82 Å². The fourth-order valence-electron chi connectivity index (χ4n) is 2.90. The molecule has 4 nitrogen and oxygen atoms in total. The fraction of sp³-hybridized carbons (Fsp3) is 0.222. The molecule has 0 unspecified atom stereocenters. The highest BCUT2D eigenvalue weighted by Crippen LogP contribution is 2.28. The van der Waals surface area contributed by atoms with Crippen LogP contribution in [0.1, 0.15) is 6.42 Å². The van der Waals surface area contributed by atoms with Crippen LogP contribution in [0.4, 0.5) is 8.78 Å². The topological polar surface area (TPSA) is 38.1 Å². The first-order chi connectivity index (χ1) is 12.0. The van der Waals surface area contributed by atoms with E-state index in [4.69, 9.17) is 11.6 Å².